The van der Waals surface area contributed by atoms with Crippen LogP contribution >= 0.6 is 0 Å². The third-order valence-corrected chi connectivity index (χ3v) is 4.69. The van der Waals surface area contributed by atoms with Crippen LogP contribution in [0, 0.1) is 0 Å². The highest BCUT2D eigenvalue weighted by atomic mass is 19.4. The molecule has 2 aromatic rings. The van der Waals surface area contributed by atoms with E-state index in [-0.39, 0.29) is 24.0 Å². The second-order valence-corrected chi connectivity index (χ2v) is 6.74. The lowest BCUT2D eigenvalue weighted by atomic mass is 10.1. The molecule has 2 aromatic carbocycles. The molecule has 0 bridgehead atoms. The van der Waals surface area contributed by atoms with Gasteiger partial charge < -0.3 is 19.7 Å². The third kappa shape index (κ3) is 5.19. The van der Waals surface area contributed by atoms with Gasteiger partial charge in [-0.05, 0) is 49.4 Å². The summed E-state index contributed by atoms with van der Waals surface area (Å²) in [6.45, 7) is 2.79. The van der Waals surface area contributed by atoms with E-state index >= 15 is 0 Å². The summed E-state index contributed by atoms with van der Waals surface area (Å²) in [6, 6.07) is 9.44. The molecule has 3 rings (SSSR count). The predicted octanol–water partition coefficient (Wildman–Crippen LogP) is 3.99. The van der Waals surface area contributed by atoms with Crippen molar-refractivity contribution in [2.24, 2.45) is 0 Å². The molecule has 31 heavy (non-hydrogen) atoms. The SMILES string of the molecule is CCOc1ccc(N2CCN(CC(=O)Nc3cc(C(F)(F)F)ccc3OC)C2=O)cc1. The number of hydrogen-bond acceptors (Lipinski definition) is 4. The van der Waals surface area contributed by atoms with Crippen molar-refractivity contribution >= 4 is 23.3 Å². The summed E-state index contributed by atoms with van der Waals surface area (Å²) in [7, 11) is 1.29. The summed E-state index contributed by atoms with van der Waals surface area (Å²) in [5.74, 6) is 0.147. The molecule has 0 aromatic heterocycles. The maximum absolute atomic E-state index is 13.0. The van der Waals surface area contributed by atoms with Crippen LogP contribution in [0.3, 0.4) is 0 Å². The zero-order valence-corrected chi connectivity index (χ0v) is 17.0. The molecular weight excluding hydrogens is 415 g/mol. The number of benzene rings is 2. The van der Waals surface area contributed by atoms with Crippen molar-refractivity contribution in [1.82, 2.24) is 4.90 Å². The molecule has 0 radical (unpaired) electrons. The van der Waals surface area contributed by atoms with Crippen LogP contribution in [-0.2, 0) is 11.0 Å². The fourth-order valence-corrected chi connectivity index (χ4v) is 3.20. The van der Waals surface area contributed by atoms with Crippen LogP contribution in [0.4, 0.5) is 29.3 Å². The Bertz CT molecular complexity index is 948. The second kappa shape index (κ2) is 9.15. The van der Waals surface area contributed by atoms with E-state index in [1.54, 1.807) is 24.3 Å². The number of rotatable bonds is 7. The van der Waals surface area contributed by atoms with Crippen molar-refractivity contribution in [3.8, 4) is 11.5 Å². The number of anilines is 2. The minimum absolute atomic E-state index is 0.0881. The quantitative estimate of drug-likeness (QED) is 0.711. The second-order valence-electron chi connectivity index (χ2n) is 6.74. The van der Waals surface area contributed by atoms with Crippen molar-refractivity contribution in [3.05, 3.63) is 48.0 Å². The fourth-order valence-electron chi connectivity index (χ4n) is 3.20. The van der Waals surface area contributed by atoms with Crippen molar-refractivity contribution in [1.29, 1.82) is 0 Å². The first-order chi connectivity index (χ1) is 14.7. The number of nitrogens with zero attached hydrogens (tertiary/aromatic N) is 2. The number of urea groups is 1. The summed E-state index contributed by atoms with van der Waals surface area (Å²) >= 11 is 0. The predicted molar refractivity (Wildman–Crippen MR) is 109 cm³/mol. The van der Waals surface area contributed by atoms with E-state index < -0.39 is 17.6 Å². The summed E-state index contributed by atoms with van der Waals surface area (Å²) in [4.78, 5) is 28.0. The number of ether oxygens (including phenoxy) is 2. The van der Waals surface area contributed by atoms with E-state index in [1.807, 2.05) is 6.92 Å². The molecule has 0 saturated carbocycles. The minimum Gasteiger partial charge on any atom is -0.495 e. The molecule has 1 fully saturated rings. The van der Waals surface area contributed by atoms with E-state index in [0.717, 1.165) is 18.2 Å². The monoisotopic (exact) mass is 437 g/mol. The Balaban J connectivity index is 1.66. The molecule has 166 valence electrons. The number of carbonyl (C=O) groups is 2. The molecule has 3 amide bonds. The highest BCUT2D eigenvalue weighted by Gasteiger charge is 2.33. The fraction of sp³-hybridized carbons (Fsp3) is 0.333. The van der Waals surface area contributed by atoms with Crippen LogP contribution in [0.2, 0.25) is 0 Å². The van der Waals surface area contributed by atoms with Gasteiger partial charge in [0.2, 0.25) is 5.91 Å². The van der Waals surface area contributed by atoms with Gasteiger partial charge in [-0.25, -0.2) is 4.79 Å². The van der Waals surface area contributed by atoms with Gasteiger partial charge in [0.25, 0.3) is 0 Å². The lowest BCUT2D eigenvalue weighted by molar-refractivity contribution is -0.137. The van der Waals surface area contributed by atoms with Gasteiger partial charge in [0.15, 0.2) is 0 Å². The Morgan fingerprint density at radius 1 is 1.13 bits per heavy atom. The van der Waals surface area contributed by atoms with Crippen molar-refractivity contribution in [2.45, 2.75) is 13.1 Å². The number of nitrogens with one attached hydrogen (secondary N) is 1. The molecule has 0 atom stereocenters. The summed E-state index contributed by atoms with van der Waals surface area (Å²) in [6.07, 6.45) is -4.56. The third-order valence-electron chi connectivity index (χ3n) is 4.69. The molecule has 1 heterocycles. The minimum atomic E-state index is -4.56. The van der Waals surface area contributed by atoms with Gasteiger partial charge in [-0.15, -0.1) is 0 Å². The van der Waals surface area contributed by atoms with Gasteiger partial charge in [0.05, 0.1) is 25.0 Å². The van der Waals surface area contributed by atoms with Gasteiger partial charge in [-0.2, -0.15) is 13.2 Å². The van der Waals surface area contributed by atoms with E-state index in [9.17, 15) is 22.8 Å². The first-order valence-corrected chi connectivity index (χ1v) is 9.57. The molecule has 0 spiro atoms. The normalized spacial score (nSPS) is 14.0. The van der Waals surface area contributed by atoms with Gasteiger partial charge in [0, 0.05) is 18.8 Å². The number of hydrogen-bond donors (Lipinski definition) is 1. The zero-order chi connectivity index (χ0) is 22.6. The van der Waals surface area contributed by atoms with Gasteiger partial charge in [-0.1, -0.05) is 0 Å². The lowest BCUT2D eigenvalue weighted by Gasteiger charge is -2.19. The topological polar surface area (TPSA) is 71.1 Å². The maximum Gasteiger partial charge on any atom is 0.416 e. The van der Waals surface area contributed by atoms with E-state index in [0.29, 0.717) is 31.1 Å². The Morgan fingerprint density at radius 2 is 1.84 bits per heavy atom. The Labute approximate surface area is 177 Å². The summed E-state index contributed by atoms with van der Waals surface area (Å²) in [5, 5.41) is 2.40. The smallest absolute Gasteiger partial charge is 0.416 e. The number of carbonyl (C=O) groups excluding carboxylic acids is 2. The molecule has 1 aliphatic rings. The zero-order valence-electron chi connectivity index (χ0n) is 17.0. The molecule has 0 unspecified atom stereocenters. The Kier molecular flexibility index (Phi) is 6.57. The van der Waals surface area contributed by atoms with Crippen LogP contribution in [0.1, 0.15) is 12.5 Å². The van der Waals surface area contributed by atoms with Crippen LogP contribution in [0.5, 0.6) is 11.5 Å². The average molecular weight is 437 g/mol. The maximum atomic E-state index is 13.0. The van der Waals surface area contributed by atoms with E-state index in [1.165, 1.54) is 16.9 Å². The average Bonchev–Trinajstić information content (AvgIpc) is 3.08. The first kappa shape index (κ1) is 22.3. The molecular formula is C21H22F3N3O4. The Hall–Kier alpha value is -3.43. The number of methoxy groups -OCH3 is 1. The highest BCUT2D eigenvalue weighted by Crippen LogP contribution is 2.35. The largest absolute Gasteiger partial charge is 0.495 e. The number of amides is 3. The molecule has 1 N–H and O–H groups in total. The molecule has 1 saturated heterocycles. The van der Waals surface area contributed by atoms with Gasteiger partial charge in [-0.3, -0.25) is 9.69 Å². The number of halogens is 3. The van der Waals surface area contributed by atoms with Crippen LogP contribution in [-0.4, -0.2) is 50.2 Å². The van der Waals surface area contributed by atoms with Gasteiger partial charge in [0.1, 0.15) is 18.0 Å². The number of alkyl halides is 3. The lowest BCUT2D eigenvalue weighted by Crippen LogP contribution is -2.37. The molecule has 1 aliphatic heterocycles. The Morgan fingerprint density at radius 3 is 2.45 bits per heavy atom. The van der Waals surface area contributed by atoms with E-state index in [2.05, 4.69) is 5.32 Å². The van der Waals surface area contributed by atoms with Crippen LogP contribution in [0.15, 0.2) is 42.5 Å². The van der Waals surface area contributed by atoms with Gasteiger partial charge >= 0.3 is 12.2 Å². The van der Waals surface area contributed by atoms with Crippen LogP contribution < -0.4 is 19.7 Å². The summed E-state index contributed by atoms with van der Waals surface area (Å²) in [5.41, 5.74) is -0.365. The highest BCUT2D eigenvalue weighted by molar-refractivity contribution is 6.00. The molecule has 7 nitrogen and oxygen atoms in total. The van der Waals surface area contributed by atoms with Crippen molar-refractivity contribution in [2.75, 3.05) is 43.6 Å². The first-order valence-electron chi connectivity index (χ1n) is 9.57. The molecule has 10 heteroatoms. The van der Waals surface area contributed by atoms with Crippen molar-refractivity contribution in [3.63, 3.8) is 0 Å². The van der Waals surface area contributed by atoms with Crippen LogP contribution in [0.25, 0.3) is 0 Å². The van der Waals surface area contributed by atoms with E-state index in [4.69, 9.17) is 9.47 Å². The summed E-state index contributed by atoms with van der Waals surface area (Å²) < 4.78 is 49.3. The van der Waals surface area contributed by atoms with Crippen molar-refractivity contribution < 1.29 is 32.2 Å². The standard InChI is InChI=1S/C21H22F3N3O4/c1-3-31-16-7-5-15(6-8-16)27-11-10-26(20(27)29)13-19(28)25-17-12-14(21(22,23)24)4-9-18(17)30-2/h4-9,12H,3,10-11,13H2,1-2H3,(H,25,28). The molecule has 0 aliphatic carbocycles.